The number of hydrogen-bond donors (Lipinski definition) is 1. The summed E-state index contributed by atoms with van der Waals surface area (Å²) >= 11 is 0. The van der Waals surface area contributed by atoms with Gasteiger partial charge in [-0.25, -0.2) is 0 Å². The van der Waals surface area contributed by atoms with Crippen LogP contribution in [0.5, 0.6) is 0 Å². The Morgan fingerprint density at radius 3 is 2.79 bits per heavy atom. The van der Waals surface area contributed by atoms with E-state index in [4.69, 9.17) is 5.10 Å². The van der Waals surface area contributed by atoms with Crippen LogP contribution in [-0.4, -0.2) is 16.3 Å². The molecule has 1 heterocycles. The van der Waals surface area contributed by atoms with E-state index in [2.05, 4.69) is 50.0 Å². The van der Waals surface area contributed by atoms with Gasteiger partial charge in [-0.3, -0.25) is 4.68 Å². The fourth-order valence-electron chi connectivity index (χ4n) is 2.92. The molecule has 0 radical (unpaired) electrons. The zero-order valence-electron chi connectivity index (χ0n) is 12.9. The Morgan fingerprint density at radius 1 is 1.32 bits per heavy atom. The maximum atomic E-state index is 4.74. The highest BCUT2D eigenvalue weighted by Crippen LogP contribution is 2.35. The molecule has 19 heavy (non-hydrogen) atoms. The maximum absolute atomic E-state index is 4.74. The van der Waals surface area contributed by atoms with Crippen molar-refractivity contribution >= 4 is 0 Å². The zero-order valence-corrected chi connectivity index (χ0v) is 12.9. The third kappa shape index (κ3) is 4.07. The molecule has 0 spiro atoms. The summed E-state index contributed by atoms with van der Waals surface area (Å²) in [5, 5.41) is 8.20. The second kappa shape index (κ2) is 6.56. The Morgan fingerprint density at radius 2 is 2.11 bits per heavy atom. The first-order valence-corrected chi connectivity index (χ1v) is 7.81. The molecule has 1 aliphatic carbocycles. The monoisotopic (exact) mass is 263 g/mol. The van der Waals surface area contributed by atoms with Gasteiger partial charge in [0.25, 0.3) is 0 Å². The molecule has 0 aromatic carbocycles. The highest BCUT2D eigenvalue weighted by molar-refractivity contribution is 5.00. The molecular weight excluding hydrogens is 234 g/mol. The first-order chi connectivity index (χ1) is 9.06. The average molecular weight is 263 g/mol. The van der Waals surface area contributed by atoms with E-state index in [1.165, 1.54) is 25.0 Å². The van der Waals surface area contributed by atoms with E-state index in [9.17, 15) is 0 Å². The predicted molar refractivity (Wildman–Crippen MR) is 80.0 cm³/mol. The zero-order chi connectivity index (χ0) is 13.8. The smallest absolute Gasteiger partial charge is 0.0762 e. The summed E-state index contributed by atoms with van der Waals surface area (Å²) < 4.78 is 2.20. The number of aromatic nitrogens is 2. The number of nitrogens with zero attached hydrogens (tertiary/aromatic N) is 2. The molecule has 3 heteroatoms. The molecule has 1 N–H and O–H groups in total. The van der Waals surface area contributed by atoms with Gasteiger partial charge in [-0.2, -0.15) is 5.10 Å². The third-order valence-electron chi connectivity index (χ3n) is 4.47. The van der Waals surface area contributed by atoms with Crippen molar-refractivity contribution in [2.45, 2.75) is 59.5 Å². The summed E-state index contributed by atoms with van der Waals surface area (Å²) in [5.41, 5.74) is 1.17. The molecule has 3 unspecified atom stereocenters. The van der Waals surface area contributed by atoms with Crippen LogP contribution >= 0.6 is 0 Å². The van der Waals surface area contributed by atoms with Gasteiger partial charge < -0.3 is 5.32 Å². The van der Waals surface area contributed by atoms with Gasteiger partial charge in [0.1, 0.15) is 0 Å². The van der Waals surface area contributed by atoms with Gasteiger partial charge >= 0.3 is 0 Å². The van der Waals surface area contributed by atoms with E-state index in [0.717, 1.165) is 24.9 Å². The molecular formula is C16H29N3. The van der Waals surface area contributed by atoms with Gasteiger partial charge in [0, 0.05) is 12.7 Å². The molecule has 0 bridgehead atoms. The Kier molecular flexibility index (Phi) is 5.03. The van der Waals surface area contributed by atoms with E-state index in [1.54, 1.807) is 0 Å². The van der Waals surface area contributed by atoms with Crippen molar-refractivity contribution in [1.82, 2.24) is 15.1 Å². The van der Waals surface area contributed by atoms with Crippen molar-refractivity contribution in [1.29, 1.82) is 0 Å². The SMILES string of the molecule is CC(C)CNCc1ccn(C2CCC(C)C(C)C2)n1. The lowest BCUT2D eigenvalue weighted by molar-refractivity contribution is 0.200. The maximum Gasteiger partial charge on any atom is 0.0762 e. The first kappa shape index (κ1) is 14.6. The van der Waals surface area contributed by atoms with Gasteiger partial charge in [0.15, 0.2) is 0 Å². The number of rotatable bonds is 5. The quantitative estimate of drug-likeness (QED) is 0.879. The minimum absolute atomic E-state index is 0.616. The number of nitrogens with one attached hydrogen (secondary N) is 1. The summed E-state index contributed by atoms with van der Waals surface area (Å²) in [7, 11) is 0. The third-order valence-corrected chi connectivity index (χ3v) is 4.47. The van der Waals surface area contributed by atoms with Crippen LogP contribution in [0, 0.1) is 17.8 Å². The van der Waals surface area contributed by atoms with Crippen LogP contribution in [0.4, 0.5) is 0 Å². The average Bonchev–Trinajstić information content (AvgIpc) is 2.81. The molecule has 2 rings (SSSR count). The first-order valence-electron chi connectivity index (χ1n) is 7.81. The van der Waals surface area contributed by atoms with E-state index in [1.807, 2.05) is 0 Å². The predicted octanol–water partition coefficient (Wildman–Crippen LogP) is 3.63. The summed E-state index contributed by atoms with van der Waals surface area (Å²) in [6, 6.07) is 2.78. The van der Waals surface area contributed by atoms with E-state index in [-0.39, 0.29) is 0 Å². The van der Waals surface area contributed by atoms with Crippen molar-refractivity contribution in [3.8, 4) is 0 Å². The minimum atomic E-state index is 0.616. The standard InChI is InChI=1S/C16H29N3/c1-12(2)10-17-11-15-7-8-19(18-15)16-6-5-13(3)14(4)9-16/h7-8,12-14,16-17H,5-6,9-11H2,1-4H3. The number of hydrogen-bond acceptors (Lipinski definition) is 2. The molecule has 0 saturated heterocycles. The fraction of sp³-hybridized carbons (Fsp3) is 0.812. The second-order valence-electron chi connectivity index (χ2n) is 6.73. The van der Waals surface area contributed by atoms with E-state index in [0.29, 0.717) is 12.0 Å². The van der Waals surface area contributed by atoms with Gasteiger partial charge in [0.2, 0.25) is 0 Å². The van der Waals surface area contributed by atoms with Crippen LogP contribution in [0.15, 0.2) is 12.3 Å². The Balaban J connectivity index is 1.86. The molecule has 1 fully saturated rings. The highest BCUT2D eigenvalue weighted by Gasteiger charge is 2.25. The molecule has 0 amide bonds. The lowest BCUT2D eigenvalue weighted by atomic mass is 9.79. The minimum Gasteiger partial charge on any atom is -0.311 e. The van der Waals surface area contributed by atoms with Gasteiger partial charge in [-0.1, -0.05) is 27.7 Å². The largest absolute Gasteiger partial charge is 0.311 e. The van der Waals surface area contributed by atoms with Crippen molar-refractivity contribution in [2.75, 3.05) is 6.54 Å². The summed E-state index contributed by atoms with van der Waals surface area (Å²) in [4.78, 5) is 0. The van der Waals surface area contributed by atoms with Crippen LogP contribution in [0.1, 0.15) is 58.7 Å². The van der Waals surface area contributed by atoms with Crippen LogP contribution in [0.2, 0.25) is 0 Å². The van der Waals surface area contributed by atoms with Gasteiger partial charge in [0.05, 0.1) is 11.7 Å². The highest BCUT2D eigenvalue weighted by atomic mass is 15.3. The van der Waals surface area contributed by atoms with Crippen molar-refractivity contribution in [3.05, 3.63) is 18.0 Å². The van der Waals surface area contributed by atoms with Crippen LogP contribution in [0.25, 0.3) is 0 Å². The Hall–Kier alpha value is -0.830. The summed E-state index contributed by atoms with van der Waals surface area (Å²) in [6.07, 6.45) is 6.07. The van der Waals surface area contributed by atoms with Crippen LogP contribution in [0.3, 0.4) is 0 Å². The molecule has 1 saturated carbocycles. The molecule has 1 aromatic heterocycles. The summed E-state index contributed by atoms with van der Waals surface area (Å²) in [5.74, 6) is 2.40. The van der Waals surface area contributed by atoms with Gasteiger partial charge in [-0.15, -0.1) is 0 Å². The van der Waals surface area contributed by atoms with E-state index >= 15 is 0 Å². The molecule has 1 aliphatic rings. The lowest BCUT2D eigenvalue weighted by Gasteiger charge is -2.32. The van der Waals surface area contributed by atoms with Crippen LogP contribution < -0.4 is 5.32 Å². The second-order valence-corrected chi connectivity index (χ2v) is 6.73. The Labute approximate surface area is 117 Å². The lowest BCUT2D eigenvalue weighted by Crippen LogP contribution is -2.24. The van der Waals surface area contributed by atoms with Crippen molar-refractivity contribution in [2.24, 2.45) is 17.8 Å². The topological polar surface area (TPSA) is 29.9 Å². The molecule has 3 atom stereocenters. The molecule has 1 aromatic rings. The summed E-state index contributed by atoms with van der Waals surface area (Å²) in [6.45, 7) is 11.2. The normalized spacial score (nSPS) is 27.9. The van der Waals surface area contributed by atoms with Crippen molar-refractivity contribution < 1.29 is 0 Å². The van der Waals surface area contributed by atoms with E-state index < -0.39 is 0 Å². The Bertz CT molecular complexity index is 383. The van der Waals surface area contributed by atoms with Gasteiger partial charge in [-0.05, 0) is 49.6 Å². The van der Waals surface area contributed by atoms with Crippen LogP contribution in [-0.2, 0) is 6.54 Å². The van der Waals surface area contributed by atoms with Crippen molar-refractivity contribution in [3.63, 3.8) is 0 Å². The molecule has 108 valence electrons. The molecule has 0 aliphatic heterocycles. The fourth-order valence-corrected chi connectivity index (χ4v) is 2.92. The molecule has 3 nitrogen and oxygen atoms in total.